The molecule has 0 saturated carbocycles. The Labute approximate surface area is 92.8 Å². The quantitative estimate of drug-likeness (QED) is 0.670. The SMILES string of the molecule is CC1(C)CC(=O)c2c(Cl)cccc2S1. The summed E-state index contributed by atoms with van der Waals surface area (Å²) in [6, 6.07) is 5.63. The fourth-order valence-corrected chi connectivity index (χ4v) is 3.28. The standard InChI is InChI=1S/C11H11ClOS/c1-11(2)6-8(13)10-7(12)4-3-5-9(10)14-11/h3-5H,6H2,1-2H3. The van der Waals surface area contributed by atoms with E-state index in [0.717, 1.165) is 4.90 Å². The number of carbonyl (C=O) groups is 1. The highest BCUT2D eigenvalue weighted by Crippen LogP contribution is 2.44. The minimum absolute atomic E-state index is 0.00519. The molecule has 2 rings (SSSR count). The van der Waals surface area contributed by atoms with Gasteiger partial charge in [0.05, 0.1) is 5.02 Å². The zero-order valence-corrected chi connectivity index (χ0v) is 9.71. The molecule has 74 valence electrons. The Hall–Kier alpha value is -0.470. The van der Waals surface area contributed by atoms with Crippen LogP contribution in [0.2, 0.25) is 5.02 Å². The molecule has 1 aromatic rings. The molecule has 0 bridgehead atoms. The van der Waals surface area contributed by atoms with E-state index in [1.165, 1.54) is 0 Å². The van der Waals surface area contributed by atoms with Crippen molar-refractivity contribution < 1.29 is 4.79 Å². The molecule has 0 aromatic heterocycles. The van der Waals surface area contributed by atoms with Crippen molar-refractivity contribution in [3.8, 4) is 0 Å². The molecular formula is C11H11ClOS. The Morgan fingerprint density at radius 2 is 2.14 bits per heavy atom. The minimum atomic E-state index is -0.00519. The van der Waals surface area contributed by atoms with Crippen LogP contribution in [0.1, 0.15) is 30.6 Å². The average molecular weight is 227 g/mol. The first-order chi connectivity index (χ1) is 6.49. The third-order valence-electron chi connectivity index (χ3n) is 2.23. The third-order valence-corrected chi connectivity index (χ3v) is 3.80. The Balaban J connectivity index is 2.56. The van der Waals surface area contributed by atoms with Crippen molar-refractivity contribution >= 4 is 29.1 Å². The molecule has 14 heavy (non-hydrogen) atoms. The molecule has 1 aromatic carbocycles. The molecule has 0 saturated heterocycles. The highest BCUT2D eigenvalue weighted by molar-refractivity contribution is 8.00. The molecule has 1 heterocycles. The molecule has 0 amide bonds. The molecule has 0 atom stereocenters. The van der Waals surface area contributed by atoms with Gasteiger partial charge >= 0.3 is 0 Å². The van der Waals surface area contributed by atoms with Crippen molar-refractivity contribution in [3.05, 3.63) is 28.8 Å². The van der Waals surface area contributed by atoms with Gasteiger partial charge in [-0.1, -0.05) is 17.7 Å². The lowest BCUT2D eigenvalue weighted by molar-refractivity contribution is 0.0968. The van der Waals surface area contributed by atoms with E-state index in [9.17, 15) is 4.79 Å². The number of fused-ring (bicyclic) bond motifs is 1. The molecule has 0 N–H and O–H groups in total. The van der Waals surface area contributed by atoms with Gasteiger partial charge in [-0.25, -0.2) is 0 Å². The van der Waals surface area contributed by atoms with Crippen LogP contribution in [0.4, 0.5) is 0 Å². The first kappa shape index (κ1) is 10.1. The fraction of sp³-hybridized carbons (Fsp3) is 0.364. The lowest BCUT2D eigenvalue weighted by atomic mass is 9.99. The number of rotatable bonds is 0. The maximum atomic E-state index is 11.8. The Morgan fingerprint density at radius 3 is 2.86 bits per heavy atom. The molecule has 1 aliphatic rings. The van der Waals surface area contributed by atoms with Gasteiger partial charge in [0.25, 0.3) is 0 Å². The zero-order valence-electron chi connectivity index (χ0n) is 8.13. The molecular weight excluding hydrogens is 216 g/mol. The van der Waals surface area contributed by atoms with Crippen LogP contribution in [0.25, 0.3) is 0 Å². The second-order valence-electron chi connectivity index (χ2n) is 4.07. The summed E-state index contributed by atoms with van der Waals surface area (Å²) in [5.41, 5.74) is 0.707. The van der Waals surface area contributed by atoms with E-state index in [1.54, 1.807) is 17.8 Å². The molecule has 1 aliphatic heterocycles. The summed E-state index contributed by atoms with van der Waals surface area (Å²) >= 11 is 7.72. The van der Waals surface area contributed by atoms with Crippen LogP contribution < -0.4 is 0 Å². The summed E-state index contributed by atoms with van der Waals surface area (Å²) in [5, 5.41) is 0.579. The highest BCUT2D eigenvalue weighted by atomic mass is 35.5. The predicted octanol–water partition coefficient (Wildman–Crippen LogP) is 3.80. The zero-order chi connectivity index (χ0) is 10.3. The fourth-order valence-electron chi connectivity index (χ4n) is 1.67. The van der Waals surface area contributed by atoms with Crippen LogP contribution in [0.15, 0.2) is 23.1 Å². The number of Topliss-reactive ketones (excluding diaryl/α,β-unsaturated/α-hetero) is 1. The summed E-state index contributed by atoms with van der Waals surface area (Å²) in [6.45, 7) is 4.17. The van der Waals surface area contributed by atoms with Crippen LogP contribution in [0.3, 0.4) is 0 Å². The maximum Gasteiger partial charge on any atom is 0.166 e. The molecule has 0 spiro atoms. The van der Waals surface area contributed by atoms with E-state index in [0.29, 0.717) is 17.0 Å². The van der Waals surface area contributed by atoms with Crippen molar-refractivity contribution in [1.82, 2.24) is 0 Å². The van der Waals surface area contributed by atoms with E-state index < -0.39 is 0 Å². The smallest absolute Gasteiger partial charge is 0.166 e. The number of ketones is 1. The topological polar surface area (TPSA) is 17.1 Å². The van der Waals surface area contributed by atoms with Gasteiger partial charge in [0.2, 0.25) is 0 Å². The van der Waals surface area contributed by atoms with E-state index in [1.807, 2.05) is 12.1 Å². The Bertz CT molecular complexity index is 398. The van der Waals surface area contributed by atoms with Gasteiger partial charge in [-0.15, -0.1) is 11.8 Å². The van der Waals surface area contributed by atoms with Crippen molar-refractivity contribution in [2.75, 3.05) is 0 Å². The van der Waals surface area contributed by atoms with E-state index in [-0.39, 0.29) is 10.5 Å². The highest BCUT2D eigenvalue weighted by Gasteiger charge is 2.32. The average Bonchev–Trinajstić information content (AvgIpc) is 2.00. The summed E-state index contributed by atoms with van der Waals surface area (Å²) in [5.74, 6) is 0.161. The largest absolute Gasteiger partial charge is 0.294 e. The number of hydrogen-bond donors (Lipinski definition) is 0. The number of carbonyl (C=O) groups excluding carboxylic acids is 1. The Morgan fingerprint density at radius 1 is 1.43 bits per heavy atom. The molecule has 0 fully saturated rings. The summed E-state index contributed by atoms with van der Waals surface area (Å²) in [4.78, 5) is 12.8. The van der Waals surface area contributed by atoms with Crippen LogP contribution in [0, 0.1) is 0 Å². The van der Waals surface area contributed by atoms with Gasteiger partial charge in [0, 0.05) is 21.6 Å². The molecule has 3 heteroatoms. The van der Waals surface area contributed by atoms with Gasteiger partial charge in [-0.05, 0) is 26.0 Å². The first-order valence-corrected chi connectivity index (χ1v) is 5.70. The van der Waals surface area contributed by atoms with Gasteiger partial charge in [0.15, 0.2) is 5.78 Å². The number of halogens is 1. The molecule has 0 aliphatic carbocycles. The van der Waals surface area contributed by atoms with Crippen molar-refractivity contribution in [2.24, 2.45) is 0 Å². The normalized spacial score (nSPS) is 19.2. The summed E-state index contributed by atoms with van der Waals surface area (Å²) < 4.78 is -0.00519. The van der Waals surface area contributed by atoms with Crippen LogP contribution in [-0.2, 0) is 0 Å². The van der Waals surface area contributed by atoms with E-state index in [2.05, 4.69) is 13.8 Å². The predicted molar refractivity (Wildman–Crippen MR) is 60.3 cm³/mol. The summed E-state index contributed by atoms with van der Waals surface area (Å²) in [7, 11) is 0. The monoisotopic (exact) mass is 226 g/mol. The second-order valence-corrected chi connectivity index (χ2v) is 6.23. The Kier molecular flexibility index (Phi) is 2.36. The number of hydrogen-bond acceptors (Lipinski definition) is 2. The van der Waals surface area contributed by atoms with Crippen LogP contribution in [0.5, 0.6) is 0 Å². The van der Waals surface area contributed by atoms with Gasteiger partial charge in [0.1, 0.15) is 0 Å². The first-order valence-electron chi connectivity index (χ1n) is 4.50. The van der Waals surface area contributed by atoms with Crippen molar-refractivity contribution in [3.63, 3.8) is 0 Å². The van der Waals surface area contributed by atoms with Gasteiger partial charge in [-0.2, -0.15) is 0 Å². The molecule has 0 radical (unpaired) electrons. The van der Waals surface area contributed by atoms with Crippen molar-refractivity contribution in [1.29, 1.82) is 0 Å². The molecule has 0 unspecified atom stereocenters. The van der Waals surface area contributed by atoms with E-state index in [4.69, 9.17) is 11.6 Å². The number of benzene rings is 1. The van der Waals surface area contributed by atoms with Gasteiger partial charge in [-0.3, -0.25) is 4.79 Å². The van der Waals surface area contributed by atoms with Crippen LogP contribution >= 0.6 is 23.4 Å². The van der Waals surface area contributed by atoms with Gasteiger partial charge < -0.3 is 0 Å². The van der Waals surface area contributed by atoms with Crippen LogP contribution in [-0.4, -0.2) is 10.5 Å². The lowest BCUT2D eigenvalue weighted by Gasteiger charge is -2.29. The summed E-state index contributed by atoms with van der Waals surface area (Å²) in [6.07, 6.45) is 0.564. The molecule has 1 nitrogen and oxygen atoms in total. The third kappa shape index (κ3) is 1.69. The maximum absolute atomic E-state index is 11.8. The number of thioether (sulfide) groups is 1. The second kappa shape index (κ2) is 3.28. The lowest BCUT2D eigenvalue weighted by Crippen LogP contribution is -2.25. The van der Waals surface area contributed by atoms with Crippen molar-refractivity contribution in [2.45, 2.75) is 29.9 Å². The van der Waals surface area contributed by atoms with E-state index >= 15 is 0 Å². The minimum Gasteiger partial charge on any atom is -0.294 e.